The molecule has 0 saturated carbocycles. The lowest BCUT2D eigenvalue weighted by Crippen LogP contribution is -1.79. The van der Waals surface area contributed by atoms with Gasteiger partial charge in [-0.1, -0.05) is 55.8 Å². The summed E-state index contributed by atoms with van der Waals surface area (Å²) in [7, 11) is 0. The fraction of sp³-hybridized carbons (Fsp3) is 0.286. The van der Waals surface area contributed by atoms with E-state index in [9.17, 15) is 0 Å². The van der Waals surface area contributed by atoms with Crippen LogP contribution < -0.4 is 0 Å². The maximum absolute atomic E-state index is 2.29. The number of fused-ring (bicyclic) bond motifs is 1. The maximum Gasteiger partial charge on any atom is -0.0181 e. The Labute approximate surface area is 85.9 Å². The van der Waals surface area contributed by atoms with Gasteiger partial charge < -0.3 is 0 Å². The van der Waals surface area contributed by atoms with Gasteiger partial charge in [-0.2, -0.15) is 0 Å². The summed E-state index contributed by atoms with van der Waals surface area (Å²) in [5.41, 5.74) is 5.44. The van der Waals surface area contributed by atoms with Crippen LogP contribution in [0.4, 0.5) is 0 Å². The summed E-state index contributed by atoms with van der Waals surface area (Å²) in [6.07, 6.45) is 0. The van der Waals surface area contributed by atoms with Crippen LogP contribution in [0.5, 0.6) is 0 Å². The van der Waals surface area contributed by atoms with E-state index in [1.807, 2.05) is 0 Å². The van der Waals surface area contributed by atoms with Crippen LogP contribution in [0.2, 0.25) is 0 Å². The van der Waals surface area contributed by atoms with Gasteiger partial charge >= 0.3 is 0 Å². The minimum atomic E-state index is 0.619. The van der Waals surface area contributed by atoms with Crippen LogP contribution in [0.25, 0.3) is 11.1 Å². The topological polar surface area (TPSA) is 0 Å². The molecule has 0 spiro atoms. The Morgan fingerprint density at radius 1 is 0.857 bits per heavy atom. The predicted octanol–water partition coefficient (Wildman–Crippen LogP) is 4.22. The normalized spacial score (nSPS) is 11.1. The molecule has 0 radical (unpaired) electrons. The highest BCUT2D eigenvalue weighted by atomic mass is 14.1. The van der Waals surface area contributed by atoms with Gasteiger partial charge in [0.15, 0.2) is 0 Å². The average molecular weight is 184 g/mol. The van der Waals surface area contributed by atoms with E-state index in [4.69, 9.17) is 0 Å². The zero-order valence-corrected chi connectivity index (χ0v) is 9.04. The smallest absolute Gasteiger partial charge is 0.0181 e. The lowest BCUT2D eigenvalue weighted by atomic mass is 10.1. The number of aryl methyl sites for hydroxylation is 1. The molecule has 0 N–H and O–H groups in total. The standard InChI is InChI=1S/C14H16/c1-10(2)14-8-12-6-4-11(3)5-7-13(12)9-14/h4-10H,1-3H3. The molecule has 0 atom stereocenters. The van der Waals surface area contributed by atoms with Crippen molar-refractivity contribution in [2.24, 2.45) is 0 Å². The van der Waals surface area contributed by atoms with Crippen molar-refractivity contribution in [1.29, 1.82) is 0 Å². The van der Waals surface area contributed by atoms with E-state index >= 15 is 0 Å². The number of rotatable bonds is 1. The molecule has 0 aromatic heterocycles. The molecule has 2 aliphatic carbocycles. The molecule has 14 heavy (non-hydrogen) atoms. The quantitative estimate of drug-likeness (QED) is 0.622. The van der Waals surface area contributed by atoms with Gasteiger partial charge in [-0.15, -0.1) is 0 Å². The van der Waals surface area contributed by atoms with Gasteiger partial charge in [0.05, 0.1) is 0 Å². The van der Waals surface area contributed by atoms with Crippen LogP contribution in [0.3, 0.4) is 0 Å². The first kappa shape index (κ1) is 9.26. The Hall–Kier alpha value is -1.30. The van der Waals surface area contributed by atoms with Crippen molar-refractivity contribution in [3.63, 3.8) is 0 Å². The largest absolute Gasteiger partial charge is 0.0587 e. The van der Waals surface area contributed by atoms with Crippen LogP contribution in [-0.4, -0.2) is 0 Å². The van der Waals surface area contributed by atoms with Crippen LogP contribution in [0, 0.1) is 6.92 Å². The van der Waals surface area contributed by atoms with Crippen molar-refractivity contribution in [1.82, 2.24) is 0 Å². The summed E-state index contributed by atoms with van der Waals surface area (Å²) >= 11 is 0. The number of hydrogen-bond acceptors (Lipinski definition) is 0. The van der Waals surface area contributed by atoms with Crippen LogP contribution in [0.15, 0.2) is 36.4 Å². The molecule has 0 fully saturated rings. The highest BCUT2D eigenvalue weighted by molar-refractivity contribution is 5.68. The molecule has 0 amide bonds. The van der Waals surface area contributed by atoms with Crippen molar-refractivity contribution < 1.29 is 0 Å². The Morgan fingerprint density at radius 2 is 1.36 bits per heavy atom. The SMILES string of the molecule is Cc1ccc2cc(C(C)C)cc-2cc1. The predicted molar refractivity (Wildman–Crippen MR) is 61.9 cm³/mol. The summed E-state index contributed by atoms with van der Waals surface area (Å²) in [5, 5.41) is 0. The van der Waals surface area contributed by atoms with Gasteiger partial charge in [0.1, 0.15) is 0 Å². The molecule has 0 aromatic carbocycles. The van der Waals surface area contributed by atoms with E-state index in [1.54, 1.807) is 0 Å². The second-order valence-electron chi connectivity index (χ2n) is 4.26. The monoisotopic (exact) mass is 184 g/mol. The second-order valence-corrected chi connectivity index (χ2v) is 4.26. The summed E-state index contributed by atoms with van der Waals surface area (Å²) < 4.78 is 0. The first-order valence-corrected chi connectivity index (χ1v) is 5.17. The second kappa shape index (κ2) is 3.45. The van der Waals surface area contributed by atoms with Crippen LogP contribution in [0.1, 0.15) is 30.9 Å². The zero-order chi connectivity index (χ0) is 10.1. The molecule has 0 heteroatoms. The van der Waals surface area contributed by atoms with Crippen molar-refractivity contribution >= 4 is 0 Å². The highest BCUT2D eigenvalue weighted by Crippen LogP contribution is 2.29. The molecular weight excluding hydrogens is 168 g/mol. The first-order valence-electron chi connectivity index (χ1n) is 5.17. The van der Waals surface area contributed by atoms with Crippen molar-refractivity contribution in [2.45, 2.75) is 26.7 Å². The molecule has 0 nitrogen and oxygen atoms in total. The average Bonchev–Trinajstić information content (AvgIpc) is 2.48. The molecule has 2 rings (SSSR count). The maximum atomic E-state index is 2.29. The lowest BCUT2D eigenvalue weighted by Gasteiger charge is -1.97. The fourth-order valence-electron chi connectivity index (χ4n) is 1.69. The van der Waals surface area contributed by atoms with Gasteiger partial charge in [-0.25, -0.2) is 0 Å². The highest BCUT2D eigenvalue weighted by Gasteiger charge is 2.06. The van der Waals surface area contributed by atoms with E-state index < -0.39 is 0 Å². The molecule has 72 valence electrons. The molecule has 0 saturated heterocycles. The van der Waals surface area contributed by atoms with E-state index in [2.05, 4.69) is 57.2 Å². The molecule has 0 unspecified atom stereocenters. The Balaban J connectivity index is 2.57. The van der Waals surface area contributed by atoms with E-state index in [1.165, 1.54) is 22.3 Å². The summed E-state index contributed by atoms with van der Waals surface area (Å²) in [4.78, 5) is 0. The van der Waals surface area contributed by atoms with E-state index in [0.717, 1.165) is 0 Å². The lowest BCUT2D eigenvalue weighted by molar-refractivity contribution is 0.872. The molecular formula is C14H16. The first-order chi connectivity index (χ1) is 6.66. The molecule has 0 bridgehead atoms. The molecule has 0 heterocycles. The minimum Gasteiger partial charge on any atom is -0.0587 e. The Morgan fingerprint density at radius 3 is 1.79 bits per heavy atom. The van der Waals surface area contributed by atoms with E-state index in [0.29, 0.717) is 5.92 Å². The van der Waals surface area contributed by atoms with Crippen molar-refractivity contribution in [2.75, 3.05) is 0 Å². The van der Waals surface area contributed by atoms with Gasteiger partial charge in [0, 0.05) is 0 Å². The van der Waals surface area contributed by atoms with Crippen LogP contribution >= 0.6 is 0 Å². The van der Waals surface area contributed by atoms with Gasteiger partial charge in [0.25, 0.3) is 0 Å². The summed E-state index contributed by atoms with van der Waals surface area (Å²) in [6, 6.07) is 13.3. The van der Waals surface area contributed by atoms with Crippen molar-refractivity contribution in [3.05, 3.63) is 47.5 Å². The zero-order valence-electron chi connectivity index (χ0n) is 9.04. The van der Waals surface area contributed by atoms with Crippen molar-refractivity contribution in [3.8, 4) is 11.1 Å². The third-order valence-electron chi connectivity index (χ3n) is 2.70. The van der Waals surface area contributed by atoms with Gasteiger partial charge in [0.2, 0.25) is 0 Å². The summed E-state index contributed by atoms with van der Waals surface area (Å²) in [6.45, 7) is 6.60. The molecule has 0 aromatic rings. The number of hydrogen-bond donors (Lipinski definition) is 0. The Bertz CT molecular complexity index is 379. The van der Waals surface area contributed by atoms with Crippen LogP contribution in [-0.2, 0) is 0 Å². The van der Waals surface area contributed by atoms with Gasteiger partial charge in [-0.05, 0) is 29.5 Å². The molecule has 2 aliphatic rings. The minimum absolute atomic E-state index is 0.619. The third-order valence-corrected chi connectivity index (χ3v) is 2.70. The van der Waals surface area contributed by atoms with Gasteiger partial charge in [-0.3, -0.25) is 0 Å². The van der Waals surface area contributed by atoms with E-state index in [-0.39, 0.29) is 0 Å². The molecule has 0 aliphatic heterocycles. The third kappa shape index (κ3) is 1.65. The fourth-order valence-corrected chi connectivity index (χ4v) is 1.69. The Kier molecular flexibility index (Phi) is 2.28. The summed E-state index contributed by atoms with van der Waals surface area (Å²) in [5.74, 6) is 0.619.